The second kappa shape index (κ2) is 7.08. The van der Waals surface area contributed by atoms with Crippen LogP contribution in [-0.2, 0) is 19.4 Å². The van der Waals surface area contributed by atoms with Gasteiger partial charge in [0, 0.05) is 21.8 Å². The first kappa shape index (κ1) is 17.0. The highest BCUT2D eigenvalue weighted by Gasteiger charge is 2.18. The van der Waals surface area contributed by atoms with Crippen molar-refractivity contribution in [3.8, 4) is 11.3 Å². The van der Waals surface area contributed by atoms with Gasteiger partial charge in [-0.2, -0.15) is 0 Å². The molecule has 5 nitrogen and oxygen atoms in total. The molecule has 6 heteroatoms. The van der Waals surface area contributed by atoms with Gasteiger partial charge in [0.15, 0.2) is 5.76 Å². The number of nitrogens with zero attached hydrogens (tertiary/aromatic N) is 3. The summed E-state index contributed by atoms with van der Waals surface area (Å²) in [5.41, 5.74) is 4.26. The van der Waals surface area contributed by atoms with E-state index in [1.54, 1.807) is 0 Å². The first-order valence-electron chi connectivity index (χ1n) is 8.92. The van der Waals surface area contributed by atoms with Gasteiger partial charge in [-0.3, -0.25) is 0 Å². The van der Waals surface area contributed by atoms with E-state index in [-0.39, 0.29) is 0 Å². The molecule has 0 radical (unpaired) electrons. The lowest BCUT2D eigenvalue weighted by atomic mass is 9.96. The zero-order valence-corrected chi connectivity index (χ0v) is 15.7. The van der Waals surface area contributed by atoms with Gasteiger partial charge >= 0.3 is 0 Å². The number of oxazole rings is 1. The molecule has 1 aliphatic rings. The highest BCUT2D eigenvalue weighted by molar-refractivity contribution is 6.30. The largest absolute Gasteiger partial charge is 0.438 e. The summed E-state index contributed by atoms with van der Waals surface area (Å²) in [5, 5.41) is 4.11. The Bertz CT molecular complexity index is 934. The van der Waals surface area contributed by atoms with Crippen LogP contribution >= 0.6 is 11.6 Å². The quantitative estimate of drug-likeness (QED) is 0.710. The van der Waals surface area contributed by atoms with E-state index in [2.05, 4.69) is 20.3 Å². The number of aromatic nitrogens is 3. The Morgan fingerprint density at radius 2 is 1.81 bits per heavy atom. The molecule has 26 heavy (non-hydrogen) atoms. The zero-order chi connectivity index (χ0) is 18.1. The predicted molar refractivity (Wildman–Crippen MR) is 102 cm³/mol. The van der Waals surface area contributed by atoms with Crippen molar-refractivity contribution in [2.24, 2.45) is 0 Å². The first-order valence-corrected chi connectivity index (χ1v) is 9.30. The highest BCUT2D eigenvalue weighted by atomic mass is 35.5. The third kappa shape index (κ3) is 3.44. The number of hydrogen-bond acceptors (Lipinski definition) is 5. The van der Waals surface area contributed by atoms with Crippen molar-refractivity contribution in [1.82, 2.24) is 15.0 Å². The maximum atomic E-state index is 5.98. The summed E-state index contributed by atoms with van der Waals surface area (Å²) >= 11 is 5.96. The van der Waals surface area contributed by atoms with Crippen LogP contribution in [0.5, 0.6) is 0 Å². The van der Waals surface area contributed by atoms with E-state index in [1.807, 2.05) is 38.1 Å². The molecule has 1 aromatic carbocycles. The van der Waals surface area contributed by atoms with Gasteiger partial charge in [-0.05, 0) is 63.8 Å². The van der Waals surface area contributed by atoms with Gasteiger partial charge in [-0.15, -0.1) is 0 Å². The number of aryl methyl sites for hydroxylation is 3. The Hall–Kier alpha value is -2.40. The van der Waals surface area contributed by atoms with Crippen molar-refractivity contribution < 1.29 is 4.42 Å². The smallest absolute Gasteiger partial charge is 0.214 e. The van der Waals surface area contributed by atoms with Crippen molar-refractivity contribution in [3.05, 3.63) is 58.0 Å². The Balaban J connectivity index is 1.55. The van der Waals surface area contributed by atoms with E-state index < -0.39 is 0 Å². The van der Waals surface area contributed by atoms with Gasteiger partial charge in [-0.25, -0.2) is 15.0 Å². The molecule has 0 atom stereocenters. The van der Waals surface area contributed by atoms with E-state index in [0.29, 0.717) is 17.5 Å². The second-order valence-corrected chi connectivity index (χ2v) is 7.07. The molecule has 134 valence electrons. The van der Waals surface area contributed by atoms with Crippen LogP contribution in [0.25, 0.3) is 11.3 Å². The summed E-state index contributed by atoms with van der Waals surface area (Å²) in [5.74, 6) is 3.14. The maximum absolute atomic E-state index is 5.98. The SMILES string of the molecule is Cc1nc2c(c(NCc3nc(C)c(-c4ccc(Cl)cc4)o3)n1)CCCC2. The van der Waals surface area contributed by atoms with Crippen molar-refractivity contribution in [1.29, 1.82) is 0 Å². The standard InChI is InChI=1S/C20H21ClN4O/c1-12-19(14-7-9-15(21)10-8-14)26-18(23-12)11-22-20-16-5-3-4-6-17(16)24-13(2)25-20/h7-10H,3-6,11H2,1-2H3,(H,22,24,25). The molecule has 0 unspecified atom stereocenters. The molecule has 4 rings (SSSR count). The lowest BCUT2D eigenvalue weighted by Crippen LogP contribution is -2.13. The van der Waals surface area contributed by atoms with Crippen molar-refractivity contribution in [2.75, 3.05) is 5.32 Å². The number of hydrogen-bond donors (Lipinski definition) is 1. The minimum atomic E-state index is 0.497. The van der Waals surface area contributed by atoms with Crippen LogP contribution in [0.1, 0.15) is 41.5 Å². The molecule has 2 heterocycles. The number of fused-ring (bicyclic) bond motifs is 1. The van der Waals surface area contributed by atoms with E-state index in [0.717, 1.165) is 41.5 Å². The minimum Gasteiger partial charge on any atom is -0.438 e. The molecule has 0 fully saturated rings. The molecule has 1 aliphatic carbocycles. The summed E-state index contributed by atoms with van der Waals surface area (Å²) in [6.07, 6.45) is 4.45. The number of rotatable bonds is 4. The molecule has 1 N–H and O–H groups in total. The van der Waals surface area contributed by atoms with Crippen LogP contribution in [-0.4, -0.2) is 15.0 Å². The summed E-state index contributed by atoms with van der Waals surface area (Å²) in [4.78, 5) is 13.7. The van der Waals surface area contributed by atoms with Crippen LogP contribution in [0.4, 0.5) is 5.82 Å². The van der Waals surface area contributed by atoms with Gasteiger partial charge in [0.05, 0.1) is 12.2 Å². The van der Waals surface area contributed by atoms with Crippen LogP contribution in [0.15, 0.2) is 28.7 Å². The predicted octanol–water partition coefficient (Wildman–Crippen LogP) is 4.89. The van der Waals surface area contributed by atoms with Gasteiger partial charge in [-0.1, -0.05) is 11.6 Å². The Morgan fingerprint density at radius 1 is 1.04 bits per heavy atom. The minimum absolute atomic E-state index is 0.497. The molecular weight excluding hydrogens is 348 g/mol. The topological polar surface area (TPSA) is 63.8 Å². The zero-order valence-electron chi connectivity index (χ0n) is 15.0. The lowest BCUT2D eigenvalue weighted by molar-refractivity contribution is 0.515. The van der Waals surface area contributed by atoms with Crippen LogP contribution in [0.3, 0.4) is 0 Å². The van der Waals surface area contributed by atoms with Crippen molar-refractivity contribution in [2.45, 2.75) is 46.1 Å². The summed E-state index contributed by atoms with van der Waals surface area (Å²) in [6, 6.07) is 7.59. The molecule has 2 aromatic heterocycles. The van der Waals surface area contributed by atoms with Crippen molar-refractivity contribution in [3.63, 3.8) is 0 Å². The molecule has 0 aliphatic heterocycles. The molecule has 0 saturated carbocycles. The van der Waals surface area contributed by atoms with Crippen LogP contribution < -0.4 is 5.32 Å². The van der Waals surface area contributed by atoms with Crippen LogP contribution in [0.2, 0.25) is 5.02 Å². The Kier molecular flexibility index (Phi) is 4.64. The summed E-state index contributed by atoms with van der Waals surface area (Å²) < 4.78 is 5.98. The second-order valence-electron chi connectivity index (χ2n) is 6.63. The van der Waals surface area contributed by atoms with Crippen LogP contribution in [0, 0.1) is 13.8 Å². The fourth-order valence-electron chi connectivity index (χ4n) is 3.42. The normalized spacial score (nSPS) is 13.5. The Morgan fingerprint density at radius 3 is 2.62 bits per heavy atom. The maximum Gasteiger partial charge on any atom is 0.214 e. The van der Waals surface area contributed by atoms with Gasteiger partial charge in [0.1, 0.15) is 11.6 Å². The number of nitrogens with one attached hydrogen (secondary N) is 1. The highest BCUT2D eigenvalue weighted by Crippen LogP contribution is 2.28. The molecule has 0 saturated heterocycles. The van der Waals surface area contributed by atoms with E-state index in [4.69, 9.17) is 16.0 Å². The van der Waals surface area contributed by atoms with E-state index >= 15 is 0 Å². The molecule has 0 bridgehead atoms. The third-order valence-electron chi connectivity index (χ3n) is 4.65. The number of anilines is 1. The fourth-order valence-corrected chi connectivity index (χ4v) is 3.55. The molecule has 3 aromatic rings. The molecular formula is C20H21ClN4O. The van der Waals surface area contributed by atoms with Gasteiger partial charge < -0.3 is 9.73 Å². The summed E-state index contributed by atoms with van der Waals surface area (Å²) in [6.45, 7) is 4.39. The number of benzene rings is 1. The van der Waals surface area contributed by atoms with Gasteiger partial charge in [0.2, 0.25) is 5.89 Å². The lowest BCUT2D eigenvalue weighted by Gasteiger charge is -2.18. The summed E-state index contributed by atoms with van der Waals surface area (Å²) in [7, 11) is 0. The fraction of sp³-hybridized carbons (Fsp3) is 0.350. The van der Waals surface area contributed by atoms with Gasteiger partial charge in [0.25, 0.3) is 0 Å². The molecule has 0 amide bonds. The first-order chi connectivity index (χ1) is 12.6. The third-order valence-corrected chi connectivity index (χ3v) is 4.90. The number of halogens is 1. The van der Waals surface area contributed by atoms with E-state index in [1.165, 1.54) is 24.1 Å². The van der Waals surface area contributed by atoms with E-state index in [9.17, 15) is 0 Å². The average Bonchev–Trinajstić information content (AvgIpc) is 3.01. The average molecular weight is 369 g/mol. The monoisotopic (exact) mass is 368 g/mol. The van der Waals surface area contributed by atoms with Crippen molar-refractivity contribution >= 4 is 17.4 Å². The molecule has 0 spiro atoms. The Labute approximate surface area is 157 Å².